The van der Waals surface area contributed by atoms with E-state index in [2.05, 4.69) is 22.3 Å². The van der Waals surface area contributed by atoms with Gasteiger partial charge in [0.2, 0.25) is 0 Å². The first-order chi connectivity index (χ1) is 8.58. The van der Waals surface area contributed by atoms with Crippen LogP contribution in [0.2, 0.25) is 0 Å². The average Bonchev–Trinajstić information content (AvgIpc) is 2.70. The monoisotopic (exact) mass is 245 g/mol. The molecular weight excluding hydrogens is 226 g/mol. The molecule has 0 atom stereocenters. The van der Waals surface area contributed by atoms with Gasteiger partial charge in [0.1, 0.15) is 5.75 Å². The van der Waals surface area contributed by atoms with Crippen LogP contribution in [0.25, 0.3) is 11.1 Å². The molecule has 96 valence electrons. The number of hydrogen-bond donors (Lipinski definition) is 2. The molecule has 2 rings (SSSR count). The van der Waals surface area contributed by atoms with Crippen molar-refractivity contribution >= 4 is 0 Å². The van der Waals surface area contributed by atoms with Crippen LogP contribution in [0.4, 0.5) is 0 Å². The second-order valence-electron chi connectivity index (χ2n) is 4.52. The van der Waals surface area contributed by atoms with Gasteiger partial charge >= 0.3 is 0 Å². The van der Waals surface area contributed by atoms with Crippen LogP contribution in [0, 0.1) is 20.8 Å². The first kappa shape index (κ1) is 12.6. The summed E-state index contributed by atoms with van der Waals surface area (Å²) in [5, 5.41) is 7.22. The van der Waals surface area contributed by atoms with Gasteiger partial charge in [0, 0.05) is 17.8 Å². The number of nitrogens with one attached hydrogen (secondary N) is 1. The summed E-state index contributed by atoms with van der Waals surface area (Å²) in [5.41, 5.74) is 12.1. The van der Waals surface area contributed by atoms with Gasteiger partial charge < -0.3 is 10.5 Å². The van der Waals surface area contributed by atoms with E-state index in [0.717, 1.165) is 39.4 Å². The van der Waals surface area contributed by atoms with Crippen molar-refractivity contribution in [1.82, 2.24) is 10.2 Å². The predicted octanol–water partition coefficient (Wildman–Crippen LogP) is 2.47. The standard InChI is InChI=1S/C14H19N3O/c1-8-5-11(6-9(2)14(8)18-4)13-10(3)16-17-12(13)7-15/h5-6H,7,15H2,1-4H3,(H,16,17). The summed E-state index contributed by atoms with van der Waals surface area (Å²) >= 11 is 0. The van der Waals surface area contributed by atoms with Gasteiger partial charge in [-0.1, -0.05) is 0 Å². The number of methoxy groups -OCH3 is 1. The largest absolute Gasteiger partial charge is 0.496 e. The van der Waals surface area contributed by atoms with Crippen LogP contribution in [0.3, 0.4) is 0 Å². The summed E-state index contributed by atoms with van der Waals surface area (Å²) in [6.07, 6.45) is 0. The van der Waals surface area contributed by atoms with Gasteiger partial charge in [-0.2, -0.15) is 5.10 Å². The summed E-state index contributed by atoms with van der Waals surface area (Å²) in [6, 6.07) is 4.23. The summed E-state index contributed by atoms with van der Waals surface area (Å²) in [7, 11) is 1.70. The average molecular weight is 245 g/mol. The Balaban J connectivity index is 2.61. The Kier molecular flexibility index (Phi) is 3.39. The Morgan fingerprint density at radius 1 is 1.22 bits per heavy atom. The van der Waals surface area contributed by atoms with Crippen LogP contribution < -0.4 is 10.5 Å². The smallest absolute Gasteiger partial charge is 0.124 e. The van der Waals surface area contributed by atoms with Gasteiger partial charge in [0.05, 0.1) is 12.8 Å². The molecule has 1 aromatic heterocycles. The molecule has 0 bridgehead atoms. The lowest BCUT2D eigenvalue weighted by Crippen LogP contribution is -1.99. The minimum absolute atomic E-state index is 0.434. The molecule has 0 spiro atoms. The van der Waals surface area contributed by atoms with Crippen molar-refractivity contribution in [2.45, 2.75) is 27.3 Å². The molecule has 18 heavy (non-hydrogen) atoms. The third-order valence-electron chi connectivity index (χ3n) is 3.17. The minimum atomic E-state index is 0.434. The van der Waals surface area contributed by atoms with Crippen LogP contribution in [0.1, 0.15) is 22.5 Å². The normalized spacial score (nSPS) is 10.7. The van der Waals surface area contributed by atoms with E-state index in [9.17, 15) is 0 Å². The van der Waals surface area contributed by atoms with E-state index in [-0.39, 0.29) is 0 Å². The van der Waals surface area contributed by atoms with Crippen LogP contribution in [-0.4, -0.2) is 17.3 Å². The Morgan fingerprint density at radius 3 is 2.33 bits per heavy atom. The van der Waals surface area contributed by atoms with E-state index in [1.54, 1.807) is 7.11 Å². The zero-order chi connectivity index (χ0) is 13.3. The fourth-order valence-electron chi connectivity index (χ4n) is 2.43. The third kappa shape index (κ3) is 1.99. The molecule has 4 heteroatoms. The van der Waals surface area contributed by atoms with Gasteiger partial charge in [-0.15, -0.1) is 0 Å². The molecule has 1 heterocycles. The maximum atomic E-state index is 5.73. The van der Waals surface area contributed by atoms with E-state index in [1.165, 1.54) is 0 Å². The molecule has 0 radical (unpaired) electrons. The molecule has 0 amide bonds. The Morgan fingerprint density at radius 2 is 1.83 bits per heavy atom. The second-order valence-corrected chi connectivity index (χ2v) is 4.52. The molecule has 0 saturated heterocycles. The van der Waals surface area contributed by atoms with Crippen LogP contribution in [0.5, 0.6) is 5.75 Å². The van der Waals surface area contributed by atoms with Gasteiger partial charge in [-0.05, 0) is 49.6 Å². The number of aromatic amines is 1. The van der Waals surface area contributed by atoms with Crippen molar-refractivity contribution in [3.8, 4) is 16.9 Å². The lowest BCUT2D eigenvalue weighted by molar-refractivity contribution is 0.408. The molecule has 0 saturated carbocycles. The third-order valence-corrected chi connectivity index (χ3v) is 3.17. The van der Waals surface area contributed by atoms with Crippen molar-refractivity contribution < 1.29 is 4.74 Å². The molecule has 0 unspecified atom stereocenters. The number of aromatic nitrogens is 2. The number of nitrogens with two attached hydrogens (primary N) is 1. The van der Waals surface area contributed by atoms with Crippen molar-refractivity contribution in [1.29, 1.82) is 0 Å². The number of aryl methyl sites for hydroxylation is 3. The Hall–Kier alpha value is -1.81. The topological polar surface area (TPSA) is 63.9 Å². The zero-order valence-corrected chi connectivity index (χ0v) is 11.3. The van der Waals surface area contributed by atoms with Gasteiger partial charge in [-0.3, -0.25) is 5.10 Å². The predicted molar refractivity (Wildman–Crippen MR) is 72.7 cm³/mol. The summed E-state index contributed by atoms with van der Waals surface area (Å²) < 4.78 is 5.39. The van der Waals surface area contributed by atoms with E-state index in [0.29, 0.717) is 6.54 Å². The van der Waals surface area contributed by atoms with Crippen LogP contribution in [0.15, 0.2) is 12.1 Å². The number of hydrogen-bond acceptors (Lipinski definition) is 3. The number of benzene rings is 1. The van der Waals surface area contributed by atoms with Crippen molar-refractivity contribution in [2.75, 3.05) is 7.11 Å². The summed E-state index contributed by atoms with van der Waals surface area (Å²) in [4.78, 5) is 0. The van der Waals surface area contributed by atoms with E-state index in [1.807, 2.05) is 20.8 Å². The first-order valence-electron chi connectivity index (χ1n) is 5.98. The van der Waals surface area contributed by atoms with Crippen molar-refractivity contribution in [3.05, 3.63) is 34.6 Å². The SMILES string of the molecule is COc1c(C)cc(-c2c(CN)n[nH]c2C)cc1C. The Labute approximate surface area is 107 Å². The first-order valence-corrected chi connectivity index (χ1v) is 5.98. The maximum Gasteiger partial charge on any atom is 0.124 e. The molecule has 0 fully saturated rings. The summed E-state index contributed by atoms with van der Waals surface area (Å²) in [6.45, 7) is 6.54. The second kappa shape index (κ2) is 4.82. The molecular formula is C14H19N3O. The van der Waals surface area contributed by atoms with E-state index < -0.39 is 0 Å². The highest BCUT2D eigenvalue weighted by Gasteiger charge is 2.14. The summed E-state index contributed by atoms with van der Waals surface area (Å²) in [5.74, 6) is 0.939. The van der Waals surface area contributed by atoms with Gasteiger partial charge in [-0.25, -0.2) is 0 Å². The highest BCUT2D eigenvalue weighted by atomic mass is 16.5. The molecule has 4 nitrogen and oxygen atoms in total. The molecule has 3 N–H and O–H groups in total. The number of rotatable bonds is 3. The molecule has 0 aliphatic rings. The molecule has 0 aliphatic heterocycles. The molecule has 1 aromatic carbocycles. The van der Waals surface area contributed by atoms with Gasteiger partial charge in [0.15, 0.2) is 0 Å². The highest BCUT2D eigenvalue weighted by molar-refractivity contribution is 5.71. The quantitative estimate of drug-likeness (QED) is 0.873. The van der Waals surface area contributed by atoms with E-state index in [4.69, 9.17) is 10.5 Å². The van der Waals surface area contributed by atoms with Crippen LogP contribution >= 0.6 is 0 Å². The van der Waals surface area contributed by atoms with Crippen molar-refractivity contribution in [3.63, 3.8) is 0 Å². The molecule has 2 aromatic rings. The van der Waals surface area contributed by atoms with Crippen LogP contribution in [-0.2, 0) is 6.54 Å². The van der Waals surface area contributed by atoms with Gasteiger partial charge in [0.25, 0.3) is 0 Å². The minimum Gasteiger partial charge on any atom is -0.496 e. The maximum absolute atomic E-state index is 5.73. The fraction of sp³-hybridized carbons (Fsp3) is 0.357. The van der Waals surface area contributed by atoms with E-state index >= 15 is 0 Å². The lowest BCUT2D eigenvalue weighted by Gasteiger charge is -2.12. The molecule has 0 aliphatic carbocycles. The van der Waals surface area contributed by atoms with Crippen molar-refractivity contribution in [2.24, 2.45) is 5.73 Å². The number of nitrogens with zero attached hydrogens (tertiary/aromatic N) is 1. The number of ether oxygens (including phenoxy) is 1. The lowest BCUT2D eigenvalue weighted by atomic mass is 9.98. The highest BCUT2D eigenvalue weighted by Crippen LogP contribution is 2.32. The fourth-order valence-corrected chi connectivity index (χ4v) is 2.43. The zero-order valence-electron chi connectivity index (χ0n) is 11.3. The number of H-pyrrole nitrogens is 1. The Bertz CT molecular complexity index is 549.